The number of aromatic nitrogens is 3. The molecule has 1 fully saturated rings. The van der Waals surface area contributed by atoms with E-state index in [0.717, 1.165) is 12.2 Å². The third-order valence-corrected chi connectivity index (χ3v) is 4.47. The maximum Gasteiger partial charge on any atom is 0.254 e. The highest BCUT2D eigenvalue weighted by Gasteiger charge is 2.25. The first kappa shape index (κ1) is 18.1. The van der Waals surface area contributed by atoms with Crippen molar-refractivity contribution in [2.24, 2.45) is 0 Å². The molecule has 1 aliphatic heterocycles. The van der Waals surface area contributed by atoms with Crippen molar-refractivity contribution < 1.29 is 4.79 Å². The van der Waals surface area contributed by atoms with Crippen LogP contribution >= 0.6 is 12.4 Å². The third-order valence-electron chi connectivity index (χ3n) is 4.47. The SMILES string of the molecule is Cl.O=C(c1cccc(-n2cnnc2)c1)N1CCNC(c2ccccc2)C1. The van der Waals surface area contributed by atoms with Crippen molar-refractivity contribution in [2.75, 3.05) is 19.6 Å². The molecule has 1 atom stereocenters. The average Bonchev–Trinajstić information content (AvgIpc) is 3.23. The molecule has 7 heteroatoms. The van der Waals surface area contributed by atoms with Crippen LogP contribution in [-0.4, -0.2) is 45.2 Å². The van der Waals surface area contributed by atoms with E-state index in [2.05, 4.69) is 27.6 Å². The molecule has 1 N–H and O–H groups in total. The van der Waals surface area contributed by atoms with Gasteiger partial charge in [-0.15, -0.1) is 22.6 Å². The van der Waals surface area contributed by atoms with Crippen molar-refractivity contribution in [1.29, 1.82) is 0 Å². The fourth-order valence-corrected chi connectivity index (χ4v) is 3.16. The van der Waals surface area contributed by atoms with Crippen LogP contribution < -0.4 is 5.32 Å². The van der Waals surface area contributed by atoms with Gasteiger partial charge in [0.15, 0.2) is 0 Å². The highest BCUT2D eigenvalue weighted by atomic mass is 35.5. The summed E-state index contributed by atoms with van der Waals surface area (Å²) in [6.07, 6.45) is 3.25. The Balaban J connectivity index is 0.00000196. The number of hydrogen-bond donors (Lipinski definition) is 1. The van der Waals surface area contributed by atoms with Gasteiger partial charge < -0.3 is 10.2 Å². The van der Waals surface area contributed by atoms with Gasteiger partial charge in [-0.1, -0.05) is 36.4 Å². The van der Waals surface area contributed by atoms with Crippen molar-refractivity contribution in [1.82, 2.24) is 25.0 Å². The summed E-state index contributed by atoms with van der Waals surface area (Å²) in [5.41, 5.74) is 2.77. The van der Waals surface area contributed by atoms with Crippen LogP contribution in [0, 0.1) is 0 Å². The van der Waals surface area contributed by atoms with Gasteiger partial charge in [-0.05, 0) is 23.8 Å². The van der Waals surface area contributed by atoms with Gasteiger partial charge in [0.05, 0.1) is 0 Å². The topological polar surface area (TPSA) is 63.1 Å². The number of rotatable bonds is 3. The summed E-state index contributed by atoms with van der Waals surface area (Å²) in [7, 11) is 0. The van der Waals surface area contributed by atoms with Gasteiger partial charge in [0.2, 0.25) is 0 Å². The smallest absolute Gasteiger partial charge is 0.254 e. The van der Waals surface area contributed by atoms with E-state index in [1.807, 2.05) is 47.4 Å². The molecule has 1 unspecified atom stereocenters. The number of nitrogens with one attached hydrogen (secondary N) is 1. The number of benzene rings is 2. The first-order valence-corrected chi connectivity index (χ1v) is 8.34. The van der Waals surface area contributed by atoms with E-state index in [1.165, 1.54) is 5.56 Å². The van der Waals surface area contributed by atoms with Gasteiger partial charge in [0, 0.05) is 36.9 Å². The van der Waals surface area contributed by atoms with Gasteiger partial charge in [-0.3, -0.25) is 9.36 Å². The van der Waals surface area contributed by atoms with Crippen LogP contribution in [0.2, 0.25) is 0 Å². The molecule has 0 bridgehead atoms. The lowest BCUT2D eigenvalue weighted by molar-refractivity contribution is 0.0703. The molecule has 1 saturated heterocycles. The summed E-state index contributed by atoms with van der Waals surface area (Å²) in [5.74, 6) is 0.0531. The van der Waals surface area contributed by atoms with Crippen LogP contribution in [-0.2, 0) is 0 Å². The summed E-state index contributed by atoms with van der Waals surface area (Å²) in [4.78, 5) is 14.9. The summed E-state index contributed by atoms with van der Waals surface area (Å²) in [6.45, 7) is 2.16. The van der Waals surface area contributed by atoms with Crippen LogP contribution in [0.5, 0.6) is 0 Å². The zero-order chi connectivity index (χ0) is 17.1. The van der Waals surface area contributed by atoms with E-state index in [4.69, 9.17) is 0 Å². The minimum absolute atomic E-state index is 0. The third kappa shape index (κ3) is 3.76. The molecular weight excluding hydrogens is 350 g/mol. The maximum atomic E-state index is 13.0. The standard InChI is InChI=1S/C19H19N5O.ClH/c25-19(16-7-4-8-17(11-16)24-13-21-22-14-24)23-10-9-20-18(12-23)15-5-2-1-3-6-15;/h1-8,11,13-14,18,20H,9-10,12H2;1H. The molecular formula is C19H20ClN5O. The van der Waals surface area contributed by atoms with Crippen LogP contribution in [0.15, 0.2) is 67.3 Å². The number of amides is 1. The highest BCUT2D eigenvalue weighted by Crippen LogP contribution is 2.19. The van der Waals surface area contributed by atoms with Crippen molar-refractivity contribution in [3.63, 3.8) is 0 Å². The maximum absolute atomic E-state index is 13.0. The Kier molecular flexibility index (Phi) is 5.65. The van der Waals surface area contributed by atoms with Crippen molar-refractivity contribution in [3.05, 3.63) is 78.4 Å². The fraction of sp³-hybridized carbons (Fsp3) is 0.211. The molecule has 0 saturated carbocycles. The van der Waals surface area contributed by atoms with Gasteiger partial charge in [0.1, 0.15) is 12.7 Å². The molecule has 1 aliphatic rings. The summed E-state index contributed by atoms with van der Waals surface area (Å²) < 4.78 is 1.79. The van der Waals surface area contributed by atoms with Crippen LogP contribution in [0.25, 0.3) is 5.69 Å². The molecule has 2 heterocycles. The molecule has 0 spiro atoms. The van der Waals surface area contributed by atoms with Gasteiger partial charge >= 0.3 is 0 Å². The average molecular weight is 370 g/mol. The van der Waals surface area contributed by atoms with Crippen molar-refractivity contribution >= 4 is 18.3 Å². The van der Waals surface area contributed by atoms with Crippen molar-refractivity contribution in [2.45, 2.75) is 6.04 Å². The van der Waals surface area contributed by atoms with Gasteiger partial charge in [-0.2, -0.15) is 0 Å². The second-order valence-corrected chi connectivity index (χ2v) is 6.09. The van der Waals surface area contributed by atoms with Crippen LogP contribution in [0.1, 0.15) is 22.0 Å². The molecule has 1 aromatic heterocycles. The monoisotopic (exact) mass is 369 g/mol. The number of piperazine rings is 1. The first-order chi connectivity index (χ1) is 12.3. The normalized spacial score (nSPS) is 16.8. The Bertz CT molecular complexity index is 853. The number of carbonyl (C=O) groups excluding carboxylic acids is 1. The number of nitrogens with zero attached hydrogens (tertiary/aromatic N) is 4. The zero-order valence-corrected chi connectivity index (χ0v) is 15.0. The molecule has 0 aliphatic carbocycles. The van der Waals surface area contributed by atoms with Crippen LogP contribution in [0.3, 0.4) is 0 Å². The van der Waals surface area contributed by atoms with E-state index in [0.29, 0.717) is 18.7 Å². The molecule has 0 radical (unpaired) electrons. The Labute approximate surface area is 158 Å². The lowest BCUT2D eigenvalue weighted by Crippen LogP contribution is -2.48. The predicted octanol–water partition coefficient (Wildman–Crippen LogP) is 2.48. The summed E-state index contributed by atoms with van der Waals surface area (Å²) in [6, 6.07) is 18.0. The lowest BCUT2D eigenvalue weighted by atomic mass is 10.0. The highest BCUT2D eigenvalue weighted by molar-refractivity contribution is 5.94. The van der Waals surface area contributed by atoms with E-state index in [-0.39, 0.29) is 24.4 Å². The zero-order valence-electron chi connectivity index (χ0n) is 14.2. The Morgan fingerprint density at radius 3 is 2.58 bits per heavy atom. The van der Waals surface area contributed by atoms with E-state index in [1.54, 1.807) is 17.2 Å². The Hall–Kier alpha value is -2.70. The van der Waals surface area contributed by atoms with E-state index in [9.17, 15) is 4.79 Å². The number of halogens is 1. The van der Waals surface area contributed by atoms with Gasteiger partial charge in [-0.25, -0.2) is 0 Å². The second-order valence-electron chi connectivity index (χ2n) is 6.09. The molecule has 4 rings (SSSR count). The number of hydrogen-bond acceptors (Lipinski definition) is 4. The van der Waals surface area contributed by atoms with Crippen molar-refractivity contribution in [3.8, 4) is 5.69 Å². The Morgan fingerprint density at radius 1 is 1.04 bits per heavy atom. The molecule has 1 amide bonds. The first-order valence-electron chi connectivity index (χ1n) is 8.34. The summed E-state index contributed by atoms with van der Waals surface area (Å²) in [5, 5.41) is 11.1. The minimum Gasteiger partial charge on any atom is -0.335 e. The lowest BCUT2D eigenvalue weighted by Gasteiger charge is -2.34. The second kappa shape index (κ2) is 8.12. The summed E-state index contributed by atoms with van der Waals surface area (Å²) >= 11 is 0. The quantitative estimate of drug-likeness (QED) is 0.770. The molecule has 3 aromatic rings. The van der Waals surface area contributed by atoms with Gasteiger partial charge in [0.25, 0.3) is 5.91 Å². The van der Waals surface area contributed by atoms with E-state index < -0.39 is 0 Å². The molecule has 134 valence electrons. The fourth-order valence-electron chi connectivity index (χ4n) is 3.16. The molecule has 2 aromatic carbocycles. The predicted molar refractivity (Wildman–Crippen MR) is 102 cm³/mol. The molecule has 6 nitrogen and oxygen atoms in total. The largest absolute Gasteiger partial charge is 0.335 e. The van der Waals surface area contributed by atoms with E-state index >= 15 is 0 Å². The Morgan fingerprint density at radius 2 is 1.81 bits per heavy atom. The minimum atomic E-state index is 0. The molecule has 26 heavy (non-hydrogen) atoms. The van der Waals surface area contributed by atoms with Crippen LogP contribution in [0.4, 0.5) is 0 Å². The number of carbonyl (C=O) groups is 1.